The number of hydrogen-bond acceptors (Lipinski definition) is 2. The van der Waals surface area contributed by atoms with Crippen LogP contribution in [0.4, 0.5) is 13.2 Å². The van der Waals surface area contributed by atoms with Crippen LogP contribution in [0.1, 0.15) is 11.1 Å². The molecule has 2 N–H and O–H groups in total. The molecule has 0 saturated carbocycles. The summed E-state index contributed by atoms with van der Waals surface area (Å²) in [4.78, 5) is -0.0821. The molecule has 0 unspecified atom stereocenters. The third-order valence-corrected chi connectivity index (χ3v) is 2.83. The number of ether oxygens (including phenoxy) is 1. The maximum Gasteiger partial charge on any atom is 0.200 e. The Kier molecular flexibility index (Phi) is 4.24. The lowest BCUT2D eigenvalue weighted by Gasteiger charge is -2.09. The maximum absolute atomic E-state index is 13.4. The summed E-state index contributed by atoms with van der Waals surface area (Å²) >= 11 is 4.71. The second-order valence-corrected chi connectivity index (χ2v) is 4.46. The lowest BCUT2D eigenvalue weighted by Crippen LogP contribution is -2.12. The van der Waals surface area contributed by atoms with Crippen LogP contribution in [0.5, 0.6) is 5.75 Å². The average Bonchev–Trinajstić information content (AvgIpc) is 2.41. The Bertz CT molecular complexity index is 661. The quantitative estimate of drug-likeness (QED) is 0.879. The predicted molar refractivity (Wildman–Crippen MR) is 73.0 cm³/mol. The molecule has 0 aliphatic carbocycles. The zero-order valence-corrected chi connectivity index (χ0v) is 11.0. The van der Waals surface area contributed by atoms with Gasteiger partial charge in [-0.05, 0) is 29.8 Å². The molecule has 0 aliphatic heterocycles. The van der Waals surface area contributed by atoms with Crippen LogP contribution < -0.4 is 10.5 Å². The second kappa shape index (κ2) is 5.92. The standard InChI is InChI=1S/C14H10F3NOS/c15-10-5-4-8(6-9(10)14(18)20)7-19-12-3-1-2-11(16)13(12)17/h1-6H,7H2,(H2,18,20). The Morgan fingerprint density at radius 2 is 1.85 bits per heavy atom. The van der Waals surface area contributed by atoms with Crippen LogP contribution in [0.2, 0.25) is 0 Å². The molecular formula is C14H10F3NOS. The lowest BCUT2D eigenvalue weighted by atomic mass is 10.1. The van der Waals surface area contributed by atoms with Gasteiger partial charge in [-0.1, -0.05) is 24.4 Å². The summed E-state index contributed by atoms with van der Waals surface area (Å²) in [6.07, 6.45) is 0. The van der Waals surface area contributed by atoms with E-state index in [-0.39, 0.29) is 22.9 Å². The molecule has 0 aliphatic rings. The van der Waals surface area contributed by atoms with E-state index < -0.39 is 17.5 Å². The number of hydrogen-bond donors (Lipinski definition) is 1. The van der Waals surface area contributed by atoms with Crippen LogP contribution in [0.15, 0.2) is 36.4 Å². The minimum atomic E-state index is -1.07. The van der Waals surface area contributed by atoms with Crippen molar-refractivity contribution in [2.24, 2.45) is 5.73 Å². The molecule has 2 aromatic rings. The zero-order valence-electron chi connectivity index (χ0n) is 10.2. The molecule has 0 fully saturated rings. The first-order valence-corrected chi connectivity index (χ1v) is 6.05. The van der Waals surface area contributed by atoms with E-state index in [2.05, 4.69) is 0 Å². The largest absolute Gasteiger partial charge is 0.486 e. The van der Waals surface area contributed by atoms with Crippen LogP contribution in [-0.2, 0) is 6.61 Å². The van der Waals surface area contributed by atoms with Crippen LogP contribution in [0, 0.1) is 17.5 Å². The van der Waals surface area contributed by atoms with E-state index in [1.807, 2.05) is 0 Å². The Morgan fingerprint density at radius 1 is 1.10 bits per heavy atom. The molecule has 104 valence electrons. The molecule has 2 nitrogen and oxygen atoms in total. The molecule has 0 bridgehead atoms. The molecule has 0 spiro atoms. The molecule has 0 amide bonds. The summed E-state index contributed by atoms with van der Waals surface area (Å²) in [6.45, 7) is -0.0593. The van der Waals surface area contributed by atoms with Crippen molar-refractivity contribution in [1.82, 2.24) is 0 Å². The summed E-state index contributed by atoms with van der Waals surface area (Å²) in [5.74, 6) is -2.82. The van der Waals surface area contributed by atoms with Crippen molar-refractivity contribution in [3.8, 4) is 5.75 Å². The number of halogens is 3. The summed E-state index contributed by atoms with van der Waals surface area (Å²) < 4.78 is 44.9. The normalized spacial score (nSPS) is 10.3. The molecule has 0 heterocycles. The molecule has 6 heteroatoms. The second-order valence-electron chi connectivity index (χ2n) is 4.02. The van der Waals surface area contributed by atoms with Gasteiger partial charge >= 0.3 is 0 Å². The van der Waals surface area contributed by atoms with Gasteiger partial charge in [0.2, 0.25) is 5.82 Å². The lowest BCUT2D eigenvalue weighted by molar-refractivity contribution is 0.284. The highest BCUT2D eigenvalue weighted by Crippen LogP contribution is 2.21. The number of benzene rings is 2. The number of rotatable bonds is 4. The SMILES string of the molecule is NC(=S)c1cc(COc2cccc(F)c2F)ccc1F. The van der Waals surface area contributed by atoms with Gasteiger partial charge in [0.15, 0.2) is 11.6 Å². The van der Waals surface area contributed by atoms with Crippen molar-refractivity contribution in [2.75, 3.05) is 0 Å². The maximum atomic E-state index is 13.4. The van der Waals surface area contributed by atoms with Crippen molar-refractivity contribution in [3.05, 3.63) is 65.0 Å². The van der Waals surface area contributed by atoms with Gasteiger partial charge in [-0.3, -0.25) is 0 Å². The van der Waals surface area contributed by atoms with Gasteiger partial charge in [-0.2, -0.15) is 4.39 Å². The van der Waals surface area contributed by atoms with Gasteiger partial charge in [0.25, 0.3) is 0 Å². The van der Waals surface area contributed by atoms with Gasteiger partial charge in [0.05, 0.1) is 0 Å². The van der Waals surface area contributed by atoms with E-state index in [0.717, 1.165) is 6.07 Å². The minimum absolute atomic E-state index is 0.0593. The first kappa shape index (κ1) is 14.3. The highest BCUT2D eigenvalue weighted by molar-refractivity contribution is 7.80. The number of thiocarbonyl (C=S) groups is 1. The van der Waals surface area contributed by atoms with Crippen LogP contribution >= 0.6 is 12.2 Å². The Balaban J connectivity index is 2.17. The van der Waals surface area contributed by atoms with Crippen molar-refractivity contribution in [2.45, 2.75) is 6.61 Å². The number of nitrogens with two attached hydrogens (primary N) is 1. The molecule has 2 rings (SSSR count). The van der Waals surface area contributed by atoms with E-state index in [1.165, 1.54) is 30.3 Å². The van der Waals surface area contributed by atoms with E-state index in [1.54, 1.807) is 0 Å². The van der Waals surface area contributed by atoms with Crippen LogP contribution in [-0.4, -0.2) is 4.99 Å². The average molecular weight is 297 g/mol. The highest BCUT2D eigenvalue weighted by Gasteiger charge is 2.10. The van der Waals surface area contributed by atoms with Crippen LogP contribution in [0.3, 0.4) is 0 Å². The topological polar surface area (TPSA) is 35.2 Å². The van der Waals surface area contributed by atoms with E-state index in [4.69, 9.17) is 22.7 Å². The summed E-state index contributed by atoms with van der Waals surface area (Å²) in [6, 6.07) is 7.68. The Morgan fingerprint density at radius 3 is 2.55 bits per heavy atom. The van der Waals surface area contributed by atoms with E-state index in [0.29, 0.717) is 5.56 Å². The summed E-state index contributed by atoms with van der Waals surface area (Å²) in [5.41, 5.74) is 6.00. The summed E-state index contributed by atoms with van der Waals surface area (Å²) in [7, 11) is 0. The van der Waals surface area contributed by atoms with Crippen molar-refractivity contribution in [1.29, 1.82) is 0 Å². The Hall–Kier alpha value is -2.08. The minimum Gasteiger partial charge on any atom is -0.486 e. The predicted octanol–water partition coefficient (Wildman–Crippen LogP) is 3.32. The molecule has 20 heavy (non-hydrogen) atoms. The van der Waals surface area contributed by atoms with Gasteiger partial charge < -0.3 is 10.5 Å². The molecule has 0 radical (unpaired) electrons. The summed E-state index contributed by atoms with van der Waals surface area (Å²) in [5, 5.41) is 0. The van der Waals surface area contributed by atoms with Gasteiger partial charge in [-0.25, -0.2) is 8.78 Å². The van der Waals surface area contributed by atoms with E-state index >= 15 is 0 Å². The molecule has 0 atom stereocenters. The molecule has 0 aromatic heterocycles. The molecular weight excluding hydrogens is 287 g/mol. The van der Waals surface area contributed by atoms with Crippen molar-refractivity contribution in [3.63, 3.8) is 0 Å². The van der Waals surface area contributed by atoms with Crippen LogP contribution in [0.25, 0.3) is 0 Å². The van der Waals surface area contributed by atoms with Gasteiger partial charge in [0, 0.05) is 5.56 Å². The fourth-order valence-electron chi connectivity index (χ4n) is 1.61. The van der Waals surface area contributed by atoms with Crippen molar-refractivity contribution < 1.29 is 17.9 Å². The highest BCUT2D eigenvalue weighted by atomic mass is 32.1. The first-order chi connectivity index (χ1) is 9.49. The van der Waals surface area contributed by atoms with Crippen molar-refractivity contribution >= 4 is 17.2 Å². The van der Waals surface area contributed by atoms with E-state index in [9.17, 15) is 13.2 Å². The third-order valence-electron chi connectivity index (χ3n) is 2.61. The third kappa shape index (κ3) is 3.08. The fraction of sp³-hybridized carbons (Fsp3) is 0.0714. The monoisotopic (exact) mass is 297 g/mol. The molecule has 2 aromatic carbocycles. The zero-order chi connectivity index (χ0) is 14.7. The Labute approximate surface area is 119 Å². The first-order valence-electron chi connectivity index (χ1n) is 5.64. The smallest absolute Gasteiger partial charge is 0.200 e. The van der Waals surface area contributed by atoms with Gasteiger partial charge in [-0.15, -0.1) is 0 Å². The van der Waals surface area contributed by atoms with Gasteiger partial charge in [0.1, 0.15) is 17.4 Å². The molecule has 0 saturated heterocycles. The fourth-order valence-corrected chi connectivity index (χ4v) is 1.76.